The number of carbonyl (C=O) groups is 1. The molecule has 0 unspecified atom stereocenters. The Morgan fingerprint density at radius 1 is 1.08 bits per heavy atom. The third kappa shape index (κ3) is 2.92. The molecule has 2 aliphatic rings. The molecule has 0 saturated carbocycles. The van der Waals surface area contributed by atoms with Crippen LogP contribution in [0.5, 0.6) is 0 Å². The van der Waals surface area contributed by atoms with Crippen molar-refractivity contribution in [1.29, 1.82) is 0 Å². The van der Waals surface area contributed by atoms with Crippen molar-refractivity contribution in [3.63, 3.8) is 0 Å². The largest absolute Gasteiger partial charge is 0.444 e. The lowest BCUT2D eigenvalue weighted by molar-refractivity contribution is 0.120. The van der Waals surface area contributed by atoms with Gasteiger partial charge in [-0.3, -0.25) is 4.90 Å². The molecule has 1 spiro atoms. The lowest BCUT2D eigenvalue weighted by Gasteiger charge is -2.32. The molecule has 5 heteroatoms. The SMILES string of the molecule is O=C(OCc1ccccc1)N1C=CC2(C=CNc3ncccc32)C=C1. The molecule has 0 bridgehead atoms. The van der Waals surface area contributed by atoms with Gasteiger partial charge in [0.2, 0.25) is 0 Å². The fourth-order valence-electron chi connectivity index (χ4n) is 2.94. The van der Waals surface area contributed by atoms with Crippen molar-refractivity contribution in [1.82, 2.24) is 9.88 Å². The van der Waals surface area contributed by atoms with E-state index < -0.39 is 11.5 Å². The third-order valence-corrected chi connectivity index (χ3v) is 4.29. The van der Waals surface area contributed by atoms with Gasteiger partial charge >= 0.3 is 6.09 Å². The number of nitrogens with one attached hydrogen (secondary N) is 1. The van der Waals surface area contributed by atoms with Crippen molar-refractivity contribution < 1.29 is 9.53 Å². The molecule has 4 rings (SSSR count). The quantitative estimate of drug-likeness (QED) is 0.906. The molecule has 0 atom stereocenters. The first-order valence-electron chi connectivity index (χ1n) is 8.04. The number of fused-ring (bicyclic) bond motifs is 2. The summed E-state index contributed by atoms with van der Waals surface area (Å²) < 4.78 is 5.35. The smallest absolute Gasteiger partial charge is 0.418 e. The second kappa shape index (κ2) is 6.28. The van der Waals surface area contributed by atoms with Crippen molar-refractivity contribution in [2.24, 2.45) is 0 Å². The maximum atomic E-state index is 12.2. The van der Waals surface area contributed by atoms with Crippen LogP contribution >= 0.6 is 0 Å². The predicted octanol–water partition coefficient (Wildman–Crippen LogP) is 3.94. The molecule has 1 aromatic carbocycles. The zero-order valence-electron chi connectivity index (χ0n) is 13.5. The molecule has 25 heavy (non-hydrogen) atoms. The van der Waals surface area contributed by atoms with E-state index in [0.29, 0.717) is 0 Å². The Morgan fingerprint density at radius 2 is 1.88 bits per heavy atom. The third-order valence-electron chi connectivity index (χ3n) is 4.29. The summed E-state index contributed by atoms with van der Waals surface area (Å²) in [5.74, 6) is 0.819. The molecule has 3 heterocycles. The fraction of sp³-hybridized carbons (Fsp3) is 0.100. The number of aromatic nitrogens is 1. The number of allylic oxidation sites excluding steroid dienone is 3. The van der Waals surface area contributed by atoms with Crippen molar-refractivity contribution in [3.8, 4) is 0 Å². The topological polar surface area (TPSA) is 54.5 Å². The number of hydrogen-bond acceptors (Lipinski definition) is 4. The number of amides is 1. The Balaban J connectivity index is 1.47. The normalized spacial score (nSPS) is 16.4. The molecule has 5 nitrogen and oxygen atoms in total. The maximum absolute atomic E-state index is 12.2. The van der Waals surface area contributed by atoms with E-state index in [1.165, 1.54) is 4.90 Å². The van der Waals surface area contributed by atoms with Gasteiger partial charge in [0.25, 0.3) is 0 Å². The molecule has 1 amide bonds. The lowest BCUT2D eigenvalue weighted by atomic mass is 9.78. The number of hydrogen-bond donors (Lipinski definition) is 1. The molecule has 2 aromatic rings. The minimum absolute atomic E-state index is 0.250. The fourth-order valence-corrected chi connectivity index (χ4v) is 2.94. The molecule has 0 fully saturated rings. The van der Waals surface area contributed by atoms with Crippen molar-refractivity contribution >= 4 is 11.9 Å². The minimum atomic E-state index is -0.407. The maximum Gasteiger partial charge on any atom is 0.418 e. The summed E-state index contributed by atoms with van der Waals surface area (Å²) in [7, 11) is 0. The molecule has 0 radical (unpaired) electrons. The molecule has 1 N–H and O–H groups in total. The van der Waals surface area contributed by atoms with Crippen LogP contribution in [0, 0.1) is 0 Å². The van der Waals surface area contributed by atoms with E-state index in [1.807, 2.05) is 66.9 Å². The van der Waals surface area contributed by atoms with Crippen LogP contribution in [-0.4, -0.2) is 16.0 Å². The predicted molar refractivity (Wildman–Crippen MR) is 95.4 cm³/mol. The number of benzene rings is 1. The van der Waals surface area contributed by atoms with Gasteiger partial charge in [-0.05, 0) is 36.1 Å². The van der Waals surface area contributed by atoms with Gasteiger partial charge in [-0.25, -0.2) is 9.78 Å². The number of carbonyl (C=O) groups excluding carboxylic acids is 1. The van der Waals surface area contributed by atoms with Gasteiger partial charge in [0, 0.05) is 24.2 Å². The number of nitrogens with zero attached hydrogens (tertiary/aromatic N) is 2. The number of pyridine rings is 1. The second-order valence-corrected chi connectivity index (χ2v) is 5.89. The highest BCUT2D eigenvalue weighted by Gasteiger charge is 2.32. The zero-order valence-corrected chi connectivity index (χ0v) is 13.5. The van der Waals surface area contributed by atoms with Crippen molar-refractivity contribution in [2.45, 2.75) is 12.0 Å². The summed E-state index contributed by atoms with van der Waals surface area (Å²) in [4.78, 5) is 18.0. The molecule has 0 saturated heterocycles. The van der Waals surface area contributed by atoms with E-state index in [1.54, 1.807) is 18.6 Å². The summed E-state index contributed by atoms with van der Waals surface area (Å²) in [6, 6.07) is 13.5. The summed E-state index contributed by atoms with van der Waals surface area (Å²) in [5, 5.41) is 3.14. The average Bonchev–Trinajstić information content (AvgIpc) is 2.68. The minimum Gasteiger partial charge on any atom is -0.444 e. The van der Waals surface area contributed by atoms with E-state index in [0.717, 1.165) is 16.9 Å². The van der Waals surface area contributed by atoms with E-state index in [4.69, 9.17) is 4.74 Å². The standard InChI is InChI=1S/C20H17N3O2/c24-19(25-15-16-5-2-1-3-6-16)23-13-9-20(10-14-23)8-12-22-18-17(20)7-4-11-21-18/h1-14H,15H2,(H,21,22). The molecular weight excluding hydrogens is 314 g/mol. The van der Waals surface area contributed by atoms with Crippen LogP contribution in [0.2, 0.25) is 0 Å². The summed E-state index contributed by atoms with van der Waals surface area (Å²) in [5.41, 5.74) is 1.60. The Morgan fingerprint density at radius 3 is 2.68 bits per heavy atom. The first-order valence-corrected chi connectivity index (χ1v) is 8.04. The van der Waals surface area contributed by atoms with Crippen LogP contribution in [0.3, 0.4) is 0 Å². The van der Waals surface area contributed by atoms with E-state index in [-0.39, 0.29) is 6.61 Å². The van der Waals surface area contributed by atoms with Crippen LogP contribution in [0.4, 0.5) is 10.6 Å². The van der Waals surface area contributed by atoms with Gasteiger partial charge in [-0.15, -0.1) is 0 Å². The highest BCUT2D eigenvalue weighted by molar-refractivity contribution is 5.72. The zero-order chi connectivity index (χ0) is 17.1. The highest BCUT2D eigenvalue weighted by Crippen LogP contribution is 2.38. The summed E-state index contributed by atoms with van der Waals surface area (Å²) in [6.45, 7) is 0.250. The van der Waals surface area contributed by atoms with Crippen molar-refractivity contribution in [2.75, 3.05) is 5.32 Å². The first-order chi connectivity index (χ1) is 12.3. The monoisotopic (exact) mass is 331 g/mol. The molecular formula is C20H17N3O2. The molecule has 124 valence electrons. The van der Waals surface area contributed by atoms with E-state index >= 15 is 0 Å². The summed E-state index contributed by atoms with van der Waals surface area (Å²) >= 11 is 0. The van der Waals surface area contributed by atoms with Gasteiger partial charge in [0.05, 0.1) is 5.41 Å². The molecule has 0 aliphatic carbocycles. The van der Waals surface area contributed by atoms with Crippen LogP contribution in [0.15, 0.2) is 85.5 Å². The highest BCUT2D eigenvalue weighted by atomic mass is 16.6. The molecule has 1 aromatic heterocycles. The summed E-state index contributed by atoms with van der Waals surface area (Å²) in [6.07, 6.45) is 12.7. The van der Waals surface area contributed by atoms with Crippen LogP contribution < -0.4 is 5.32 Å². The molecule has 2 aliphatic heterocycles. The second-order valence-electron chi connectivity index (χ2n) is 5.89. The Bertz CT molecular complexity index is 858. The Kier molecular flexibility index (Phi) is 3.82. The first kappa shape index (κ1) is 15.2. The van der Waals surface area contributed by atoms with Crippen molar-refractivity contribution in [3.05, 3.63) is 96.6 Å². The lowest BCUT2D eigenvalue weighted by Crippen LogP contribution is -2.30. The Hall–Kier alpha value is -3.34. The van der Waals surface area contributed by atoms with Gasteiger partial charge < -0.3 is 10.1 Å². The van der Waals surface area contributed by atoms with Gasteiger partial charge in [-0.1, -0.05) is 36.4 Å². The van der Waals surface area contributed by atoms with Gasteiger partial charge in [0.1, 0.15) is 12.4 Å². The number of anilines is 1. The van der Waals surface area contributed by atoms with E-state index in [2.05, 4.69) is 10.3 Å². The van der Waals surface area contributed by atoms with Gasteiger partial charge in [-0.2, -0.15) is 0 Å². The van der Waals surface area contributed by atoms with Crippen LogP contribution in [-0.2, 0) is 16.8 Å². The average molecular weight is 331 g/mol. The number of ether oxygens (including phenoxy) is 1. The van der Waals surface area contributed by atoms with Gasteiger partial charge in [0.15, 0.2) is 0 Å². The number of rotatable bonds is 2. The van der Waals surface area contributed by atoms with Crippen LogP contribution in [0.25, 0.3) is 0 Å². The van der Waals surface area contributed by atoms with E-state index in [9.17, 15) is 4.79 Å². The van der Waals surface area contributed by atoms with Crippen LogP contribution in [0.1, 0.15) is 11.1 Å². The Labute approximate surface area is 145 Å².